The summed E-state index contributed by atoms with van der Waals surface area (Å²) in [7, 11) is 1.29. The highest BCUT2D eigenvalue weighted by Crippen LogP contribution is 2.32. The number of unbranched alkanes of at least 4 members (excludes halogenated alkanes) is 5. The molecule has 0 N–H and O–H groups in total. The first-order valence-corrected chi connectivity index (χ1v) is 9.45. The molecule has 17 heavy (non-hydrogen) atoms. The van der Waals surface area contributed by atoms with Crippen LogP contribution in [0.5, 0.6) is 0 Å². The second kappa shape index (κ2) is 11.5. The van der Waals surface area contributed by atoms with Crippen molar-refractivity contribution in [1.29, 1.82) is 0 Å². The lowest BCUT2D eigenvalue weighted by molar-refractivity contribution is 0.510. The maximum absolute atomic E-state index is 2.30. The van der Waals surface area contributed by atoms with Crippen LogP contribution in [0.4, 0.5) is 0 Å². The molecular weight excluding hydrogens is 223 g/mol. The van der Waals surface area contributed by atoms with E-state index in [1.54, 1.807) is 12.8 Å². The molecule has 0 amide bonds. The molecule has 0 nitrogen and oxygen atoms in total. The Morgan fingerprint density at radius 2 is 1.35 bits per heavy atom. The lowest BCUT2D eigenvalue weighted by atomic mass is 10.0. The normalized spacial score (nSPS) is 19.6. The Hall–Kier alpha value is 0.430. The van der Waals surface area contributed by atoms with Crippen molar-refractivity contribution in [2.75, 3.05) is 6.16 Å². The second-order valence-corrected chi connectivity index (χ2v) is 7.49. The Kier molecular flexibility index (Phi) is 10.5. The molecule has 0 bridgehead atoms. The van der Waals surface area contributed by atoms with Crippen LogP contribution in [0.15, 0.2) is 0 Å². The van der Waals surface area contributed by atoms with Crippen molar-refractivity contribution in [3.8, 4) is 0 Å². The van der Waals surface area contributed by atoms with E-state index in [-0.39, 0.29) is 0 Å². The Bertz CT molecular complexity index is 148. The Morgan fingerprint density at radius 1 is 0.765 bits per heavy atom. The zero-order valence-corrected chi connectivity index (χ0v) is 13.0. The van der Waals surface area contributed by atoms with Gasteiger partial charge in [0.05, 0.1) is 0 Å². The van der Waals surface area contributed by atoms with E-state index in [9.17, 15) is 0 Å². The summed E-state index contributed by atoms with van der Waals surface area (Å²) in [6.07, 6.45) is 21.0. The highest BCUT2D eigenvalue weighted by Gasteiger charge is 2.10. The zero-order valence-electron chi connectivity index (χ0n) is 12.0. The van der Waals surface area contributed by atoms with Gasteiger partial charge in [-0.1, -0.05) is 71.1 Å². The summed E-state index contributed by atoms with van der Waals surface area (Å²) in [6, 6.07) is 0. The Balaban J connectivity index is 1.90. The van der Waals surface area contributed by atoms with Gasteiger partial charge in [0.15, 0.2) is 0 Å². The summed E-state index contributed by atoms with van der Waals surface area (Å²) in [5, 5.41) is 0. The van der Waals surface area contributed by atoms with Crippen molar-refractivity contribution in [2.24, 2.45) is 0 Å². The summed E-state index contributed by atoms with van der Waals surface area (Å²) in [4.78, 5) is 0. The summed E-state index contributed by atoms with van der Waals surface area (Å²) < 4.78 is 0. The molecule has 1 unspecified atom stereocenters. The highest BCUT2D eigenvalue weighted by molar-refractivity contribution is 7.38. The van der Waals surface area contributed by atoms with Crippen molar-refractivity contribution in [3.63, 3.8) is 0 Å². The molecular formula is C16H33P. The third-order valence-electron chi connectivity index (χ3n) is 4.07. The maximum atomic E-state index is 2.30. The van der Waals surface area contributed by atoms with E-state index in [2.05, 4.69) is 6.92 Å². The number of hydrogen-bond acceptors (Lipinski definition) is 0. The van der Waals surface area contributed by atoms with Crippen LogP contribution in [0.2, 0.25) is 0 Å². The lowest BCUT2D eigenvalue weighted by Gasteiger charge is -2.19. The Morgan fingerprint density at radius 3 is 2.06 bits per heavy atom. The maximum Gasteiger partial charge on any atom is -0.0237 e. The fraction of sp³-hybridized carbons (Fsp3) is 1.00. The summed E-state index contributed by atoms with van der Waals surface area (Å²) in [5.41, 5.74) is 1.12. The first-order chi connectivity index (χ1) is 8.43. The molecule has 1 atom stereocenters. The molecule has 1 saturated carbocycles. The molecule has 1 fully saturated rings. The lowest BCUT2D eigenvalue weighted by Crippen LogP contribution is -2.04. The van der Waals surface area contributed by atoms with Crippen LogP contribution in [0.25, 0.3) is 0 Å². The van der Waals surface area contributed by atoms with Crippen LogP contribution >= 0.6 is 8.58 Å². The van der Waals surface area contributed by atoms with Gasteiger partial charge in [0.2, 0.25) is 0 Å². The van der Waals surface area contributed by atoms with Crippen LogP contribution in [0.3, 0.4) is 0 Å². The SMILES string of the molecule is CCCCCCCCPC1CCCCCCC1. The zero-order chi connectivity index (χ0) is 12.2. The third-order valence-corrected chi connectivity index (χ3v) is 5.87. The highest BCUT2D eigenvalue weighted by atomic mass is 31.1. The molecule has 0 spiro atoms. The standard InChI is InChI=1S/C16H33P/c1-2-3-4-5-9-12-15-17-16-13-10-7-6-8-11-14-16/h16-17H,2-15H2,1H3. The van der Waals surface area contributed by atoms with Gasteiger partial charge in [-0.25, -0.2) is 0 Å². The fourth-order valence-corrected chi connectivity index (χ4v) is 4.55. The molecule has 0 heterocycles. The average Bonchev–Trinajstić information content (AvgIpc) is 2.30. The van der Waals surface area contributed by atoms with Crippen LogP contribution in [0.1, 0.15) is 90.4 Å². The van der Waals surface area contributed by atoms with Gasteiger partial charge >= 0.3 is 0 Å². The van der Waals surface area contributed by atoms with Crippen LogP contribution < -0.4 is 0 Å². The van der Waals surface area contributed by atoms with E-state index in [1.807, 2.05) is 0 Å². The minimum Gasteiger partial charge on any atom is -0.119 e. The molecule has 0 aromatic rings. The van der Waals surface area contributed by atoms with Gasteiger partial charge in [-0.05, 0) is 31.1 Å². The van der Waals surface area contributed by atoms with Gasteiger partial charge in [-0.2, -0.15) is 0 Å². The predicted molar refractivity (Wildman–Crippen MR) is 82.7 cm³/mol. The van der Waals surface area contributed by atoms with Crippen molar-refractivity contribution in [3.05, 3.63) is 0 Å². The molecule has 0 radical (unpaired) electrons. The van der Waals surface area contributed by atoms with E-state index in [0.29, 0.717) is 0 Å². The summed E-state index contributed by atoms with van der Waals surface area (Å²) >= 11 is 0. The number of hydrogen-bond donors (Lipinski definition) is 0. The van der Waals surface area contributed by atoms with E-state index >= 15 is 0 Å². The molecule has 102 valence electrons. The first-order valence-electron chi connectivity index (χ1n) is 8.17. The number of rotatable bonds is 8. The Labute approximate surface area is 111 Å². The van der Waals surface area contributed by atoms with Crippen molar-refractivity contribution in [1.82, 2.24) is 0 Å². The third kappa shape index (κ3) is 9.06. The molecule has 0 aromatic carbocycles. The minimum absolute atomic E-state index is 1.12. The topological polar surface area (TPSA) is 0 Å². The smallest absolute Gasteiger partial charge is 0.0237 e. The molecule has 0 saturated heterocycles. The van der Waals surface area contributed by atoms with Gasteiger partial charge in [0.1, 0.15) is 0 Å². The largest absolute Gasteiger partial charge is 0.119 e. The molecule has 1 aliphatic carbocycles. The van der Waals surface area contributed by atoms with Gasteiger partial charge in [-0.3, -0.25) is 0 Å². The van der Waals surface area contributed by atoms with Crippen molar-refractivity contribution < 1.29 is 0 Å². The van der Waals surface area contributed by atoms with E-state index in [0.717, 1.165) is 5.66 Å². The van der Waals surface area contributed by atoms with E-state index < -0.39 is 0 Å². The van der Waals surface area contributed by atoms with Gasteiger partial charge in [0, 0.05) is 0 Å². The van der Waals surface area contributed by atoms with Crippen molar-refractivity contribution >= 4 is 8.58 Å². The molecule has 1 heteroatoms. The second-order valence-electron chi connectivity index (χ2n) is 5.76. The van der Waals surface area contributed by atoms with Crippen molar-refractivity contribution in [2.45, 2.75) is 96.1 Å². The van der Waals surface area contributed by atoms with Gasteiger partial charge < -0.3 is 0 Å². The first kappa shape index (κ1) is 15.5. The fourth-order valence-electron chi connectivity index (χ4n) is 2.87. The molecule has 0 aliphatic heterocycles. The quantitative estimate of drug-likeness (QED) is 0.361. The van der Waals surface area contributed by atoms with E-state index in [1.165, 1.54) is 85.4 Å². The monoisotopic (exact) mass is 256 g/mol. The van der Waals surface area contributed by atoms with Gasteiger partial charge in [0.25, 0.3) is 0 Å². The molecule has 1 rings (SSSR count). The minimum atomic E-state index is 1.12. The van der Waals surface area contributed by atoms with Crippen LogP contribution in [-0.2, 0) is 0 Å². The van der Waals surface area contributed by atoms with Gasteiger partial charge in [-0.15, -0.1) is 8.58 Å². The summed E-state index contributed by atoms with van der Waals surface area (Å²) in [6.45, 7) is 2.30. The molecule has 0 aromatic heterocycles. The molecule has 1 aliphatic rings. The average molecular weight is 256 g/mol. The van der Waals surface area contributed by atoms with Crippen LogP contribution in [-0.4, -0.2) is 11.8 Å². The summed E-state index contributed by atoms with van der Waals surface area (Å²) in [5.74, 6) is 0. The van der Waals surface area contributed by atoms with E-state index in [4.69, 9.17) is 0 Å². The predicted octanol–water partition coefficient (Wildman–Crippen LogP) is 6.14. The van der Waals surface area contributed by atoms with Crippen LogP contribution in [0, 0.1) is 0 Å².